The number of hydrogen-bond donors (Lipinski definition) is 1. The van der Waals surface area contributed by atoms with Gasteiger partial charge in [-0.2, -0.15) is 0 Å². The topological polar surface area (TPSA) is 75.7 Å². The summed E-state index contributed by atoms with van der Waals surface area (Å²) in [5.41, 5.74) is 1.62. The molecule has 1 unspecified atom stereocenters. The van der Waals surface area contributed by atoms with Crippen molar-refractivity contribution in [3.05, 3.63) is 47.8 Å². The van der Waals surface area contributed by atoms with Gasteiger partial charge >= 0.3 is 0 Å². The molecule has 1 aliphatic rings. The van der Waals surface area contributed by atoms with Crippen molar-refractivity contribution in [1.82, 2.24) is 0 Å². The number of nitrogens with one attached hydrogen (secondary N) is 1. The zero-order valence-electron chi connectivity index (χ0n) is 15.3. The summed E-state index contributed by atoms with van der Waals surface area (Å²) in [5, 5.41) is 0. The van der Waals surface area contributed by atoms with Gasteiger partial charge in [0, 0.05) is 24.7 Å². The summed E-state index contributed by atoms with van der Waals surface area (Å²) in [6.45, 7) is 5.44. The van der Waals surface area contributed by atoms with Crippen LogP contribution in [0.25, 0.3) is 0 Å². The molecule has 0 aromatic heterocycles. The summed E-state index contributed by atoms with van der Waals surface area (Å²) in [4.78, 5) is 13.5. The zero-order valence-corrected chi connectivity index (χ0v) is 16.1. The number of carbonyl (C=O) groups is 1. The Bertz CT molecular complexity index is 991. The second kappa shape index (κ2) is 7.19. The molecule has 0 bridgehead atoms. The third-order valence-corrected chi connectivity index (χ3v) is 5.78. The summed E-state index contributed by atoms with van der Waals surface area (Å²) in [6, 6.07) is 8.51. The third kappa shape index (κ3) is 3.75. The maximum Gasteiger partial charge on any atom is 0.261 e. The number of benzene rings is 2. The van der Waals surface area contributed by atoms with Crippen LogP contribution in [0.1, 0.15) is 26.3 Å². The molecule has 1 amide bonds. The maximum atomic E-state index is 14.0. The van der Waals surface area contributed by atoms with E-state index in [2.05, 4.69) is 4.72 Å². The Morgan fingerprint density at radius 1 is 1.30 bits per heavy atom. The lowest BCUT2D eigenvalue weighted by Crippen LogP contribution is -2.33. The smallest absolute Gasteiger partial charge is 0.261 e. The lowest BCUT2D eigenvalue weighted by atomic mass is 10.1. The minimum absolute atomic E-state index is 0.0244. The zero-order chi connectivity index (χ0) is 19.8. The molecule has 6 nitrogen and oxygen atoms in total. The fourth-order valence-corrected chi connectivity index (χ4v) is 4.41. The lowest BCUT2D eigenvalue weighted by Gasteiger charge is -2.20. The highest BCUT2D eigenvalue weighted by Gasteiger charge is 2.30. The lowest BCUT2D eigenvalue weighted by molar-refractivity contribution is -0.116. The number of hydrogen-bond acceptors (Lipinski definition) is 4. The molecule has 8 heteroatoms. The van der Waals surface area contributed by atoms with Crippen LogP contribution >= 0.6 is 0 Å². The summed E-state index contributed by atoms with van der Waals surface area (Å²) >= 11 is 0. The highest BCUT2D eigenvalue weighted by Crippen LogP contribution is 2.34. The molecule has 2 aromatic carbocycles. The molecule has 3 rings (SSSR count). The van der Waals surface area contributed by atoms with E-state index in [9.17, 15) is 17.6 Å². The Morgan fingerprint density at radius 2 is 2.04 bits per heavy atom. The van der Waals surface area contributed by atoms with Crippen molar-refractivity contribution < 1.29 is 22.3 Å². The van der Waals surface area contributed by atoms with Crippen LogP contribution in [0.2, 0.25) is 0 Å². The van der Waals surface area contributed by atoms with Crippen molar-refractivity contribution in [2.24, 2.45) is 0 Å². The van der Waals surface area contributed by atoms with Crippen molar-refractivity contribution in [1.29, 1.82) is 0 Å². The van der Waals surface area contributed by atoms with Gasteiger partial charge in [-0.05, 0) is 56.2 Å². The standard InChI is InChI=1S/C19H21FN2O4S/c1-4-26-19-8-5-15(11-17(19)20)21-27(24,25)16-6-7-18-14(10-16)9-12(2)22(18)13(3)23/h5-8,10-12,21H,4,9H2,1-3H3. The van der Waals surface area contributed by atoms with Crippen molar-refractivity contribution >= 4 is 27.3 Å². The van der Waals surface area contributed by atoms with Crippen LogP contribution in [0.15, 0.2) is 41.3 Å². The second-order valence-corrected chi connectivity index (χ2v) is 8.10. The number of anilines is 2. The second-order valence-electron chi connectivity index (χ2n) is 6.42. The van der Waals surface area contributed by atoms with Crippen molar-refractivity contribution in [2.75, 3.05) is 16.2 Å². The van der Waals surface area contributed by atoms with Crippen molar-refractivity contribution in [3.63, 3.8) is 0 Å². The molecule has 1 atom stereocenters. The molecule has 0 radical (unpaired) electrons. The molecule has 0 spiro atoms. The Hall–Kier alpha value is -2.61. The predicted molar refractivity (Wildman–Crippen MR) is 101 cm³/mol. The van der Waals surface area contributed by atoms with Crippen LogP contribution in [0.5, 0.6) is 5.75 Å². The van der Waals surface area contributed by atoms with Crippen LogP contribution < -0.4 is 14.4 Å². The number of ether oxygens (including phenoxy) is 1. The predicted octanol–water partition coefficient (Wildman–Crippen LogP) is 3.32. The van der Waals surface area contributed by atoms with E-state index >= 15 is 0 Å². The monoisotopic (exact) mass is 392 g/mol. The summed E-state index contributed by atoms with van der Waals surface area (Å²) < 4.78 is 46.8. The minimum Gasteiger partial charge on any atom is -0.491 e. The quantitative estimate of drug-likeness (QED) is 0.847. The fourth-order valence-electron chi connectivity index (χ4n) is 3.31. The van der Waals surface area contributed by atoms with E-state index < -0.39 is 15.8 Å². The van der Waals surface area contributed by atoms with Gasteiger partial charge in [-0.25, -0.2) is 12.8 Å². The van der Waals surface area contributed by atoms with Gasteiger partial charge in [0.2, 0.25) is 5.91 Å². The molecular weight excluding hydrogens is 371 g/mol. The molecule has 2 aromatic rings. The van der Waals surface area contributed by atoms with Gasteiger partial charge in [-0.3, -0.25) is 9.52 Å². The molecule has 144 valence electrons. The van der Waals surface area contributed by atoms with Gasteiger partial charge in [-0.1, -0.05) is 0 Å². The first kappa shape index (κ1) is 19.2. The number of sulfonamides is 1. The summed E-state index contributed by atoms with van der Waals surface area (Å²) in [6.07, 6.45) is 0.579. The highest BCUT2D eigenvalue weighted by molar-refractivity contribution is 7.92. The maximum absolute atomic E-state index is 14.0. The molecule has 0 fully saturated rings. The number of nitrogens with zero attached hydrogens (tertiary/aromatic N) is 1. The highest BCUT2D eigenvalue weighted by atomic mass is 32.2. The van der Waals surface area contributed by atoms with E-state index in [1.807, 2.05) is 6.92 Å². The number of fused-ring (bicyclic) bond motifs is 1. The van der Waals surface area contributed by atoms with Gasteiger partial charge < -0.3 is 9.64 Å². The SMILES string of the molecule is CCOc1ccc(NS(=O)(=O)c2ccc3c(c2)CC(C)N3C(C)=O)cc1F. The van der Waals surface area contributed by atoms with Crippen molar-refractivity contribution in [2.45, 2.75) is 38.1 Å². The van der Waals surface area contributed by atoms with Gasteiger partial charge in [0.05, 0.1) is 17.2 Å². The van der Waals surface area contributed by atoms with Crippen molar-refractivity contribution in [3.8, 4) is 5.75 Å². The Kier molecular flexibility index (Phi) is 5.10. The van der Waals surface area contributed by atoms with E-state index in [1.54, 1.807) is 24.0 Å². The minimum atomic E-state index is -3.89. The Balaban J connectivity index is 1.87. The number of carbonyl (C=O) groups excluding carboxylic acids is 1. The van der Waals surface area contributed by atoms with E-state index in [0.29, 0.717) is 13.0 Å². The van der Waals surface area contributed by atoms with Crippen LogP contribution in [0.3, 0.4) is 0 Å². The van der Waals surface area contributed by atoms with Gasteiger partial charge in [0.1, 0.15) is 0 Å². The van der Waals surface area contributed by atoms with Crippen LogP contribution in [0.4, 0.5) is 15.8 Å². The molecule has 1 N–H and O–H groups in total. The third-order valence-electron chi connectivity index (χ3n) is 4.40. The molecule has 27 heavy (non-hydrogen) atoms. The first-order valence-electron chi connectivity index (χ1n) is 8.61. The number of amides is 1. The molecule has 0 saturated carbocycles. The van der Waals surface area contributed by atoms with E-state index in [1.165, 1.54) is 25.1 Å². The van der Waals surface area contributed by atoms with Gasteiger partial charge in [0.25, 0.3) is 10.0 Å². The number of rotatable bonds is 5. The molecule has 0 aliphatic carbocycles. The van der Waals surface area contributed by atoms with Crippen LogP contribution in [0, 0.1) is 5.82 Å². The van der Waals surface area contributed by atoms with E-state index in [-0.39, 0.29) is 28.3 Å². The van der Waals surface area contributed by atoms with E-state index in [4.69, 9.17) is 4.74 Å². The Labute approximate surface area is 158 Å². The normalized spacial score (nSPS) is 16.1. The summed E-state index contributed by atoms with van der Waals surface area (Å²) in [5.74, 6) is -0.659. The molecule has 1 heterocycles. The largest absolute Gasteiger partial charge is 0.491 e. The molecule has 1 aliphatic heterocycles. The van der Waals surface area contributed by atoms with E-state index in [0.717, 1.165) is 17.3 Å². The van der Waals surface area contributed by atoms with Gasteiger partial charge in [-0.15, -0.1) is 0 Å². The van der Waals surface area contributed by atoms with Crippen LogP contribution in [-0.2, 0) is 21.2 Å². The fraction of sp³-hybridized carbons (Fsp3) is 0.316. The van der Waals surface area contributed by atoms with Crippen LogP contribution in [-0.4, -0.2) is 27.0 Å². The molecule has 0 saturated heterocycles. The average Bonchev–Trinajstić information content (AvgIpc) is 2.92. The number of halogens is 1. The Morgan fingerprint density at radius 3 is 2.67 bits per heavy atom. The first-order valence-corrected chi connectivity index (χ1v) is 10.1. The first-order chi connectivity index (χ1) is 12.7. The van der Waals surface area contributed by atoms with Gasteiger partial charge in [0.15, 0.2) is 11.6 Å². The molecular formula is C19H21FN2O4S. The summed E-state index contributed by atoms with van der Waals surface area (Å²) in [7, 11) is -3.89. The average molecular weight is 392 g/mol.